The molecule has 1 rings (SSSR count). The molecule has 0 aromatic carbocycles. The number of ether oxygens (including phenoxy) is 1. The molecule has 0 saturated carbocycles. The van der Waals surface area contributed by atoms with Crippen LogP contribution in [0.4, 0.5) is 0 Å². The average Bonchev–Trinajstić information content (AvgIpc) is 2.24. The fourth-order valence-corrected chi connectivity index (χ4v) is 1.67. The van der Waals surface area contributed by atoms with Gasteiger partial charge in [0.25, 0.3) is 0 Å². The zero-order valence-electron chi connectivity index (χ0n) is 11.6. The van der Waals surface area contributed by atoms with Crippen molar-refractivity contribution in [2.45, 2.75) is 53.6 Å². The first-order chi connectivity index (χ1) is 8.04. The van der Waals surface area contributed by atoms with Gasteiger partial charge in [0.1, 0.15) is 0 Å². The highest BCUT2D eigenvalue weighted by Crippen LogP contribution is 2.21. The minimum absolute atomic E-state index is 0.467. The van der Waals surface area contributed by atoms with Crippen LogP contribution in [0.5, 0.6) is 5.88 Å². The summed E-state index contributed by atoms with van der Waals surface area (Å²) in [7, 11) is 0. The molecule has 0 radical (unpaired) electrons. The summed E-state index contributed by atoms with van der Waals surface area (Å²) in [4.78, 5) is 4.49. The van der Waals surface area contributed by atoms with Gasteiger partial charge >= 0.3 is 0 Å². The molecule has 0 atom stereocenters. The third-order valence-corrected chi connectivity index (χ3v) is 2.57. The van der Waals surface area contributed by atoms with Crippen molar-refractivity contribution in [1.29, 1.82) is 0 Å². The van der Waals surface area contributed by atoms with Gasteiger partial charge in [-0.05, 0) is 31.9 Å². The van der Waals surface area contributed by atoms with E-state index in [1.54, 1.807) is 0 Å². The van der Waals surface area contributed by atoms with Crippen LogP contribution in [0.1, 0.15) is 44.0 Å². The molecule has 3 nitrogen and oxygen atoms in total. The van der Waals surface area contributed by atoms with Crippen LogP contribution in [0.2, 0.25) is 0 Å². The zero-order valence-corrected chi connectivity index (χ0v) is 11.6. The van der Waals surface area contributed by atoms with E-state index in [-0.39, 0.29) is 0 Å². The molecule has 0 bridgehead atoms. The SMILES string of the molecule is CCCOc1nc(C)cc(C)c1CNC(C)C. The van der Waals surface area contributed by atoms with Gasteiger partial charge in [-0.3, -0.25) is 0 Å². The Morgan fingerprint density at radius 2 is 2.06 bits per heavy atom. The summed E-state index contributed by atoms with van der Waals surface area (Å²) in [5.41, 5.74) is 3.44. The molecule has 3 heteroatoms. The van der Waals surface area contributed by atoms with Crippen molar-refractivity contribution >= 4 is 0 Å². The molecule has 0 aliphatic rings. The van der Waals surface area contributed by atoms with Gasteiger partial charge in [0, 0.05) is 23.8 Å². The Hall–Kier alpha value is -1.09. The second kappa shape index (κ2) is 6.60. The first-order valence-electron chi connectivity index (χ1n) is 6.37. The first-order valence-corrected chi connectivity index (χ1v) is 6.37. The van der Waals surface area contributed by atoms with Crippen LogP contribution in [0, 0.1) is 13.8 Å². The van der Waals surface area contributed by atoms with Crippen molar-refractivity contribution in [1.82, 2.24) is 10.3 Å². The number of hydrogen-bond donors (Lipinski definition) is 1. The highest BCUT2D eigenvalue weighted by molar-refractivity contribution is 5.35. The van der Waals surface area contributed by atoms with Crippen molar-refractivity contribution in [3.8, 4) is 5.88 Å². The minimum Gasteiger partial charge on any atom is -0.477 e. The number of pyridine rings is 1. The number of aryl methyl sites for hydroxylation is 2. The molecule has 0 aliphatic carbocycles. The van der Waals surface area contributed by atoms with Crippen LogP contribution >= 0.6 is 0 Å². The van der Waals surface area contributed by atoms with Crippen LogP contribution in [0.3, 0.4) is 0 Å². The molecular weight excluding hydrogens is 212 g/mol. The fourth-order valence-electron chi connectivity index (χ4n) is 1.67. The van der Waals surface area contributed by atoms with Gasteiger partial charge in [-0.1, -0.05) is 20.8 Å². The Bertz CT molecular complexity index is 361. The van der Waals surface area contributed by atoms with Gasteiger partial charge in [0.05, 0.1) is 6.61 Å². The Balaban J connectivity index is 2.90. The van der Waals surface area contributed by atoms with Gasteiger partial charge in [0.15, 0.2) is 0 Å². The third-order valence-electron chi connectivity index (χ3n) is 2.57. The Labute approximate surface area is 105 Å². The maximum absolute atomic E-state index is 5.73. The number of rotatable bonds is 6. The molecule has 0 aliphatic heterocycles. The van der Waals surface area contributed by atoms with Crippen molar-refractivity contribution in [3.05, 3.63) is 22.9 Å². The summed E-state index contributed by atoms with van der Waals surface area (Å²) in [6.45, 7) is 12.1. The Kier molecular flexibility index (Phi) is 5.42. The molecule has 96 valence electrons. The lowest BCUT2D eigenvalue weighted by Gasteiger charge is -2.15. The Morgan fingerprint density at radius 1 is 1.35 bits per heavy atom. The predicted molar refractivity (Wildman–Crippen MR) is 71.5 cm³/mol. The highest BCUT2D eigenvalue weighted by atomic mass is 16.5. The number of nitrogens with one attached hydrogen (secondary N) is 1. The maximum Gasteiger partial charge on any atom is 0.218 e. The fraction of sp³-hybridized carbons (Fsp3) is 0.643. The lowest BCUT2D eigenvalue weighted by atomic mass is 10.1. The van der Waals surface area contributed by atoms with Crippen molar-refractivity contribution in [2.75, 3.05) is 6.61 Å². The summed E-state index contributed by atoms with van der Waals surface area (Å²) < 4.78 is 5.73. The summed E-state index contributed by atoms with van der Waals surface area (Å²) >= 11 is 0. The molecule has 17 heavy (non-hydrogen) atoms. The number of aromatic nitrogens is 1. The van der Waals surface area contributed by atoms with Gasteiger partial charge in [-0.25, -0.2) is 4.98 Å². The molecule has 1 aromatic rings. The van der Waals surface area contributed by atoms with Crippen LogP contribution in [0.25, 0.3) is 0 Å². The van der Waals surface area contributed by atoms with Gasteiger partial charge in [0.2, 0.25) is 5.88 Å². The lowest BCUT2D eigenvalue weighted by Crippen LogP contribution is -2.23. The highest BCUT2D eigenvalue weighted by Gasteiger charge is 2.10. The lowest BCUT2D eigenvalue weighted by molar-refractivity contribution is 0.299. The maximum atomic E-state index is 5.73. The second-order valence-electron chi connectivity index (χ2n) is 4.75. The monoisotopic (exact) mass is 236 g/mol. The van der Waals surface area contributed by atoms with Gasteiger partial charge in [-0.15, -0.1) is 0 Å². The third kappa shape index (κ3) is 4.35. The topological polar surface area (TPSA) is 34.1 Å². The van der Waals surface area contributed by atoms with Crippen molar-refractivity contribution in [3.63, 3.8) is 0 Å². The number of hydrogen-bond acceptors (Lipinski definition) is 3. The van der Waals surface area contributed by atoms with E-state index in [0.717, 1.165) is 31.1 Å². The zero-order chi connectivity index (χ0) is 12.8. The summed E-state index contributed by atoms with van der Waals surface area (Å²) in [6.07, 6.45) is 1.01. The van der Waals surface area contributed by atoms with Gasteiger partial charge < -0.3 is 10.1 Å². The van der Waals surface area contributed by atoms with E-state index in [1.165, 1.54) is 11.1 Å². The van der Waals surface area contributed by atoms with E-state index < -0.39 is 0 Å². The molecule has 0 saturated heterocycles. The van der Waals surface area contributed by atoms with Crippen molar-refractivity contribution in [2.24, 2.45) is 0 Å². The van der Waals surface area contributed by atoms with E-state index in [1.807, 2.05) is 6.92 Å². The van der Waals surface area contributed by atoms with Crippen LogP contribution in [0.15, 0.2) is 6.07 Å². The molecule has 0 amide bonds. The molecule has 0 fully saturated rings. The van der Waals surface area contributed by atoms with Crippen LogP contribution < -0.4 is 10.1 Å². The Morgan fingerprint density at radius 3 is 2.65 bits per heavy atom. The smallest absolute Gasteiger partial charge is 0.218 e. The molecular formula is C14H24N2O. The van der Waals surface area contributed by atoms with Crippen LogP contribution in [-0.2, 0) is 6.54 Å². The molecule has 1 N–H and O–H groups in total. The van der Waals surface area contributed by atoms with E-state index >= 15 is 0 Å². The van der Waals surface area contributed by atoms with Crippen molar-refractivity contribution < 1.29 is 4.74 Å². The quantitative estimate of drug-likeness (QED) is 0.824. The second-order valence-corrected chi connectivity index (χ2v) is 4.75. The summed E-state index contributed by atoms with van der Waals surface area (Å²) in [6, 6.07) is 2.57. The predicted octanol–water partition coefficient (Wildman–Crippen LogP) is 2.99. The largest absolute Gasteiger partial charge is 0.477 e. The first kappa shape index (κ1) is 14.0. The minimum atomic E-state index is 0.467. The van der Waals surface area contributed by atoms with E-state index in [4.69, 9.17) is 4.74 Å². The number of nitrogens with zero attached hydrogens (tertiary/aromatic N) is 1. The van der Waals surface area contributed by atoms with Crippen LogP contribution in [-0.4, -0.2) is 17.6 Å². The van der Waals surface area contributed by atoms with E-state index in [0.29, 0.717) is 6.04 Å². The normalized spacial score (nSPS) is 10.9. The van der Waals surface area contributed by atoms with Gasteiger partial charge in [-0.2, -0.15) is 0 Å². The van der Waals surface area contributed by atoms with E-state index in [2.05, 4.69) is 44.1 Å². The summed E-state index contributed by atoms with van der Waals surface area (Å²) in [5, 5.41) is 3.42. The van der Waals surface area contributed by atoms with E-state index in [9.17, 15) is 0 Å². The molecule has 1 aromatic heterocycles. The average molecular weight is 236 g/mol. The summed E-state index contributed by atoms with van der Waals surface area (Å²) in [5.74, 6) is 0.789. The standard InChI is InChI=1S/C14H24N2O/c1-6-7-17-14-13(9-15-10(2)3)11(4)8-12(5)16-14/h8,10,15H,6-7,9H2,1-5H3. The molecule has 1 heterocycles. The molecule has 0 spiro atoms. The molecule has 0 unspecified atom stereocenters.